The molecular formula is C34H44O16. The van der Waals surface area contributed by atoms with Crippen molar-refractivity contribution in [3.05, 3.63) is 71.8 Å². The van der Waals surface area contributed by atoms with Gasteiger partial charge in [0.15, 0.2) is 25.0 Å². The zero-order valence-electron chi connectivity index (χ0n) is 27.1. The molecule has 0 amide bonds. The number of aliphatic hydroxyl groups is 7. The Hall–Kier alpha value is -3.07. The van der Waals surface area contributed by atoms with Crippen LogP contribution in [0.1, 0.15) is 18.1 Å². The number of benzene rings is 2. The van der Waals surface area contributed by atoms with E-state index in [1.807, 2.05) is 6.07 Å². The highest BCUT2D eigenvalue weighted by Crippen LogP contribution is 2.31. The first-order chi connectivity index (χ1) is 23.9. The Balaban J connectivity index is 1.24. The van der Waals surface area contributed by atoms with Crippen LogP contribution in [0.15, 0.2) is 60.7 Å². The molecule has 3 aliphatic rings. The number of esters is 1. The molecule has 3 saturated heterocycles. The van der Waals surface area contributed by atoms with E-state index in [1.165, 1.54) is 31.2 Å². The second-order valence-electron chi connectivity index (χ2n) is 12.3. The summed E-state index contributed by atoms with van der Waals surface area (Å²) >= 11 is 0. The van der Waals surface area contributed by atoms with Gasteiger partial charge in [0.25, 0.3) is 0 Å². The van der Waals surface area contributed by atoms with Crippen molar-refractivity contribution in [3.8, 4) is 5.75 Å². The van der Waals surface area contributed by atoms with E-state index in [4.69, 9.17) is 33.2 Å². The van der Waals surface area contributed by atoms with Crippen molar-refractivity contribution in [2.75, 3.05) is 19.8 Å². The molecule has 16 heteroatoms. The van der Waals surface area contributed by atoms with Gasteiger partial charge in [-0.2, -0.15) is 0 Å². The Labute approximate surface area is 287 Å². The van der Waals surface area contributed by atoms with Gasteiger partial charge in [0.05, 0.1) is 25.9 Å². The highest BCUT2D eigenvalue weighted by Gasteiger charge is 2.51. The predicted octanol–water partition coefficient (Wildman–Crippen LogP) is -1.67. The minimum absolute atomic E-state index is 0.0609. The second kappa shape index (κ2) is 17.4. The molecule has 5 rings (SSSR count). The number of hydrogen-bond donors (Lipinski definition) is 8. The van der Waals surface area contributed by atoms with Gasteiger partial charge in [-0.1, -0.05) is 42.5 Å². The van der Waals surface area contributed by atoms with Crippen molar-refractivity contribution >= 4 is 12.0 Å². The summed E-state index contributed by atoms with van der Waals surface area (Å²) in [4.78, 5) is 12.8. The third-order valence-electron chi connectivity index (χ3n) is 8.66. The maximum absolute atomic E-state index is 12.8. The lowest BCUT2D eigenvalue weighted by Gasteiger charge is -2.46. The molecule has 2 aromatic rings. The molecule has 0 unspecified atom stereocenters. The van der Waals surface area contributed by atoms with Crippen molar-refractivity contribution in [1.82, 2.24) is 0 Å². The highest BCUT2D eigenvalue weighted by atomic mass is 16.7. The normalized spacial score (nSPS) is 37.8. The number of hydrogen-bond acceptors (Lipinski definition) is 16. The number of rotatable bonds is 12. The molecule has 0 aromatic heterocycles. The lowest BCUT2D eigenvalue weighted by Crippen LogP contribution is -2.64. The quantitative estimate of drug-likeness (QED) is 0.0908. The van der Waals surface area contributed by atoms with Crippen LogP contribution < -0.4 is 0 Å². The predicted molar refractivity (Wildman–Crippen MR) is 169 cm³/mol. The van der Waals surface area contributed by atoms with Gasteiger partial charge in [0.1, 0.15) is 60.7 Å². The van der Waals surface area contributed by atoms with Crippen molar-refractivity contribution < 1.29 is 78.8 Å². The molecule has 50 heavy (non-hydrogen) atoms. The average molecular weight is 709 g/mol. The fraction of sp³-hybridized carbons (Fsp3) is 0.559. The van der Waals surface area contributed by atoms with E-state index in [0.717, 1.165) is 11.1 Å². The fourth-order valence-corrected chi connectivity index (χ4v) is 5.74. The van der Waals surface area contributed by atoms with E-state index in [1.54, 1.807) is 36.4 Å². The lowest BCUT2D eigenvalue weighted by atomic mass is 9.98. The lowest BCUT2D eigenvalue weighted by molar-refractivity contribution is -0.354. The first-order valence-corrected chi connectivity index (χ1v) is 16.2. The van der Waals surface area contributed by atoms with Crippen molar-refractivity contribution in [1.29, 1.82) is 0 Å². The number of carbonyl (C=O) groups excluding carboxylic acids is 1. The topological polar surface area (TPSA) is 244 Å². The molecule has 276 valence electrons. The summed E-state index contributed by atoms with van der Waals surface area (Å²) in [5.41, 5.74) is 1.55. The first kappa shape index (κ1) is 38.2. The Bertz CT molecular complexity index is 1380. The van der Waals surface area contributed by atoms with Crippen molar-refractivity contribution in [3.63, 3.8) is 0 Å². The molecule has 0 radical (unpaired) electrons. The highest BCUT2D eigenvalue weighted by molar-refractivity contribution is 5.87. The monoisotopic (exact) mass is 708 g/mol. The Morgan fingerprint density at radius 2 is 1.46 bits per heavy atom. The van der Waals surface area contributed by atoms with Crippen LogP contribution in [0.2, 0.25) is 0 Å². The molecule has 0 bridgehead atoms. The van der Waals surface area contributed by atoms with Crippen molar-refractivity contribution in [2.45, 2.75) is 99.4 Å². The summed E-state index contributed by atoms with van der Waals surface area (Å²) in [6.45, 7) is 0.691. The number of ether oxygens (including phenoxy) is 7. The number of carbonyl (C=O) groups is 1. The third kappa shape index (κ3) is 9.42. The smallest absolute Gasteiger partial charge is 0.331 e. The van der Waals surface area contributed by atoms with Crippen LogP contribution in [0.5, 0.6) is 5.75 Å². The van der Waals surface area contributed by atoms with Gasteiger partial charge in [-0.25, -0.2) is 4.79 Å². The SMILES string of the molecule is C[C@H]1O[C@@H](OC[C@H]2O[C@@H](OCCc3ccc(O)cc3)[C@@H](O)[C@@H](O)[C@@H]2O)[C@H](O)[C@@H](O[C@H]2OC[C@@H](O)[C@@H](O)[C@H]2O)[C@H]1OC(=O)/C=C/c1ccccc1. The third-order valence-corrected chi connectivity index (χ3v) is 8.66. The molecule has 0 spiro atoms. The Morgan fingerprint density at radius 1 is 0.780 bits per heavy atom. The summed E-state index contributed by atoms with van der Waals surface area (Å²) in [6, 6.07) is 15.4. The number of phenolic OH excluding ortho intramolecular Hbond substituents is 1. The summed E-state index contributed by atoms with van der Waals surface area (Å²) in [6.07, 6.45) is -17.8. The second-order valence-corrected chi connectivity index (χ2v) is 12.3. The standard InChI is InChI=1S/C34H44O16/c1-17-30(49-23(37)12-9-18-5-3-2-4-6-18)31(50-33-27(41)24(38)21(36)15-45-33)29(43)34(47-17)46-16-22-25(39)26(40)28(42)32(48-22)44-14-13-19-7-10-20(35)11-8-19/h2-12,17,21-22,24-36,38-43H,13-16H2,1H3/b12-9+/t17-,21-,22-,24-,25-,26+,27-,28+,29-,30+,31-,32-,33-,34-/m1/s1. The Kier molecular flexibility index (Phi) is 13.3. The molecular weight excluding hydrogens is 664 g/mol. The van der Waals surface area contributed by atoms with Crippen LogP contribution in [0, 0.1) is 0 Å². The zero-order chi connectivity index (χ0) is 35.9. The van der Waals surface area contributed by atoms with E-state index in [0.29, 0.717) is 6.42 Å². The summed E-state index contributed by atoms with van der Waals surface area (Å²) in [5.74, 6) is -0.705. The molecule has 8 N–H and O–H groups in total. The van der Waals surface area contributed by atoms with Gasteiger partial charge in [-0.3, -0.25) is 0 Å². The maximum atomic E-state index is 12.8. The minimum atomic E-state index is -1.73. The van der Waals surface area contributed by atoms with E-state index in [-0.39, 0.29) is 12.4 Å². The van der Waals surface area contributed by atoms with Crippen LogP contribution in [0.25, 0.3) is 6.08 Å². The molecule has 3 aliphatic heterocycles. The fourth-order valence-electron chi connectivity index (χ4n) is 5.74. The first-order valence-electron chi connectivity index (χ1n) is 16.2. The zero-order valence-corrected chi connectivity index (χ0v) is 27.1. The molecule has 0 aliphatic carbocycles. The number of aliphatic hydroxyl groups excluding tert-OH is 7. The summed E-state index contributed by atoms with van der Waals surface area (Å²) in [5, 5.41) is 83.1. The summed E-state index contributed by atoms with van der Waals surface area (Å²) in [7, 11) is 0. The molecule has 14 atom stereocenters. The van der Waals surface area contributed by atoms with Gasteiger partial charge in [-0.05, 0) is 42.7 Å². The molecule has 3 fully saturated rings. The molecule has 16 nitrogen and oxygen atoms in total. The Morgan fingerprint density at radius 3 is 2.18 bits per heavy atom. The van der Waals surface area contributed by atoms with Gasteiger partial charge in [0.2, 0.25) is 0 Å². The largest absolute Gasteiger partial charge is 0.508 e. The van der Waals surface area contributed by atoms with E-state index >= 15 is 0 Å². The van der Waals surface area contributed by atoms with Crippen LogP contribution in [0.3, 0.4) is 0 Å². The van der Waals surface area contributed by atoms with E-state index in [9.17, 15) is 45.6 Å². The van der Waals surface area contributed by atoms with Gasteiger partial charge in [-0.15, -0.1) is 0 Å². The number of phenols is 1. The maximum Gasteiger partial charge on any atom is 0.331 e. The number of aromatic hydroxyl groups is 1. The van der Waals surface area contributed by atoms with E-state index < -0.39 is 105 Å². The van der Waals surface area contributed by atoms with Gasteiger partial charge >= 0.3 is 5.97 Å². The van der Waals surface area contributed by atoms with E-state index in [2.05, 4.69) is 0 Å². The summed E-state index contributed by atoms with van der Waals surface area (Å²) < 4.78 is 39.8. The minimum Gasteiger partial charge on any atom is -0.508 e. The molecule has 0 saturated carbocycles. The van der Waals surface area contributed by atoms with Gasteiger partial charge < -0.3 is 74.0 Å². The van der Waals surface area contributed by atoms with Crippen LogP contribution >= 0.6 is 0 Å². The van der Waals surface area contributed by atoms with Gasteiger partial charge in [0, 0.05) is 6.08 Å². The van der Waals surface area contributed by atoms with Crippen LogP contribution in [-0.2, 0) is 44.4 Å². The van der Waals surface area contributed by atoms with Crippen LogP contribution in [-0.4, -0.2) is 153 Å². The van der Waals surface area contributed by atoms with Crippen molar-refractivity contribution in [2.24, 2.45) is 0 Å². The average Bonchev–Trinajstić information content (AvgIpc) is 3.11. The molecule has 3 heterocycles. The van der Waals surface area contributed by atoms with Crippen LogP contribution in [0.4, 0.5) is 0 Å². The molecule has 2 aromatic carbocycles.